The molecule has 1 aliphatic carbocycles. The van der Waals surface area contributed by atoms with Crippen LogP contribution in [0.4, 0.5) is 5.82 Å². The van der Waals surface area contributed by atoms with E-state index >= 15 is 0 Å². The molecule has 224 valence electrons. The number of anilines is 1. The van der Waals surface area contributed by atoms with E-state index in [4.69, 9.17) is 9.97 Å². The van der Waals surface area contributed by atoms with E-state index in [0.717, 1.165) is 92.5 Å². The van der Waals surface area contributed by atoms with Crippen molar-refractivity contribution in [2.24, 2.45) is 5.41 Å². The Morgan fingerprint density at radius 1 is 1.07 bits per heavy atom. The lowest BCUT2D eigenvalue weighted by molar-refractivity contribution is 0.249. The minimum atomic E-state index is -0.233. The van der Waals surface area contributed by atoms with Crippen molar-refractivity contribution in [1.82, 2.24) is 24.9 Å². The number of hydrogen-bond donors (Lipinski definition) is 1. The van der Waals surface area contributed by atoms with Crippen LogP contribution in [0.1, 0.15) is 80.2 Å². The smallest absolute Gasteiger partial charge is 0.141 e. The molecule has 2 atom stereocenters. The molecule has 5 heterocycles. The zero-order valence-electron chi connectivity index (χ0n) is 26.2. The molecule has 0 amide bonds. The SMILES string of the molecule is Bc1cc(C2CC(NC)CN(c3ccc(-c4cc(CCC5(C#N)CCCCC5)cn5ncc(C#N)c45)cn3)C2)cnc1CC. The van der Waals surface area contributed by atoms with E-state index in [0.29, 0.717) is 17.5 Å². The van der Waals surface area contributed by atoms with Crippen LogP contribution in [0, 0.1) is 28.1 Å². The van der Waals surface area contributed by atoms with Crippen LogP contribution in [0.3, 0.4) is 0 Å². The first-order valence-corrected chi connectivity index (χ1v) is 16.1. The van der Waals surface area contributed by atoms with E-state index in [2.05, 4.69) is 72.7 Å². The fourth-order valence-corrected chi connectivity index (χ4v) is 7.33. The van der Waals surface area contributed by atoms with Crippen LogP contribution in [0.2, 0.25) is 0 Å². The number of fused-ring (bicyclic) bond motifs is 1. The Kier molecular flexibility index (Phi) is 8.68. The lowest BCUT2D eigenvalue weighted by Gasteiger charge is -2.38. The molecule has 6 rings (SSSR count). The molecule has 2 fully saturated rings. The summed E-state index contributed by atoms with van der Waals surface area (Å²) >= 11 is 0. The first kappa shape index (κ1) is 29.8. The second kappa shape index (κ2) is 12.8. The van der Waals surface area contributed by atoms with Crippen LogP contribution >= 0.6 is 0 Å². The van der Waals surface area contributed by atoms with Gasteiger partial charge in [-0.3, -0.25) is 4.98 Å². The third-order valence-corrected chi connectivity index (χ3v) is 9.98. The van der Waals surface area contributed by atoms with Crippen LogP contribution in [0.15, 0.2) is 49.1 Å². The van der Waals surface area contributed by atoms with Gasteiger partial charge in [0.15, 0.2) is 0 Å². The number of nitriles is 2. The first-order chi connectivity index (χ1) is 21.5. The van der Waals surface area contributed by atoms with Gasteiger partial charge in [0, 0.05) is 60.5 Å². The summed E-state index contributed by atoms with van der Waals surface area (Å²) in [6, 6.07) is 14.0. The molecule has 1 aliphatic heterocycles. The molecule has 8 nitrogen and oxygen atoms in total. The lowest BCUT2D eigenvalue weighted by atomic mass is 9.72. The Morgan fingerprint density at radius 2 is 1.91 bits per heavy atom. The van der Waals surface area contributed by atoms with Gasteiger partial charge in [0.25, 0.3) is 0 Å². The van der Waals surface area contributed by atoms with Crippen molar-refractivity contribution in [2.75, 3.05) is 25.0 Å². The summed E-state index contributed by atoms with van der Waals surface area (Å²) < 4.78 is 1.82. The van der Waals surface area contributed by atoms with Crippen molar-refractivity contribution >= 4 is 24.6 Å². The van der Waals surface area contributed by atoms with Crippen molar-refractivity contribution in [3.8, 4) is 23.3 Å². The van der Waals surface area contributed by atoms with Gasteiger partial charge in [-0.25, -0.2) is 9.50 Å². The molecule has 0 bridgehead atoms. The number of pyridine rings is 3. The molecule has 2 aliphatic rings. The fraction of sp³-hybridized carbons (Fsp3) is 0.457. The van der Waals surface area contributed by atoms with Crippen molar-refractivity contribution in [3.05, 3.63) is 71.4 Å². The molecular weight excluding hydrogens is 543 g/mol. The molecular formula is C35H41BN8. The highest BCUT2D eigenvalue weighted by Crippen LogP contribution is 2.40. The Hall–Kier alpha value is -4.21. The summed E-state index contributed by atoms with van der Waals surface area (Å²) in [4.78, 5) is 12.1. The van der Waals surface area contributed by atoms with Crippen LogP contribution < -0.4 is 15.7 Å². The average Bonchev–Trinajstić information content (AvgIpc) is 3.50. The Bertz CT molecular complexity index is 1710. The number of aromatic nitrogens is 4. The predicted octanol–water partition coefficient (Wildman–Crippen LogP) is 4.47. The summed E-state index contributed by atoms with van der Waals surface area (Å²) in [6.45, 7) is 3.93. The fourth-order valence-electron chi connectivity index (χ4n) is 7.33. The quantitative estimate of drug-likeness (QED) is 0.305. The number of rotatable bonds is 8. The maximum atomic E-state index is 10.0. The molecule has 0 aromatic carbocycles. The first-order valence-electron chi connectivity index (χ1n) is 16.1. The van der Waals surface area contributed by atoms with Crippen molar-refractivity contribution in [3.63, 3.8) is 0 Å². The van der Waals surface area contributed by atoms with Gasteiger partial charge in [-0.2, -0.15) is 15.6 Å². The van der Waals surface area contributed by atoms with Crippen molar-refractivity contribution in [1.29, 1.82) is 10.5 Å². The maximum absolute atomic E-state index is 10.0. The van der Waals surface area contributed by atoms with Gasteiger partial charge >= 0.3 is 0 Å². The van der Waals surface area contributed by atoms with Gasteiger partial charge in [0.05, 0.1) is 28.8 Å². The molecule has 1 saturated heterocycles. The molecule has 1 saturated carbocycles. The standard InChI is InChI=1S/C35H41BN8/c1-3-32-31(36)15-26(18-40-32)27-14-29(39-2)22-43(21-27)33-8-7-25(17-41-33)30-13-24(20-44-34(30)28(16-37)19-42-44)9-12-35(23-38)10-5-4-6-11-35/h7-8,13,15,17-20,27,29,39H,3-6,9-12,14,21-22,36H2,1-2H3. The third-order valence-electron chi connectivity index (χ3n) is 9.98. The van der Waals surface area contributed by atoms with E-state index in [1.807, 2.05) is 24.0 Å². The van der Waals surface area contributed by atoms with Crippen LogP contribution in [-0.2, 0) is 12.8 Å². The summed E-state index contributed by atoms with van der Waals surface area (Å²) in [5.41, 5.74) is 7.86. The van der Waals surface area contributed by atoms with E-state index < -0.39 is 0 Å². The molecule has 0 radical (unpaired) electrons. The zero-order chi connectivity index (χ0) is 30.7. The van der Waals surface area contributed by atoms with Gasteiger partial charge in [-0.05, 0) is 74.9 Å². The number of piperidine rings is 1. The maximum Gasteiger partial charge on any atom is 0.141 e. The monoisotopic (exact) mass is 584 g/mol. The molecule has 0 spiro atoms. The summed E-state index contributed by atoms with van der Waals surface area (Å²) in [7, 11) is 4.20. The number of nitrogens with zero attached hydrogens (tertiary/aromatic N) is 7. The topological polar surface area (TPSA) is 106 Å². The molecule has 44 heavy (non-hydrogen) atoms. The number of hydrogen-bond acceptors (Lipinski definition) is 7. The Labute approximate surface area is 261 Å². The summed E-state index contributed by atoms with van der Waals surface area (Å²) in [5.74, 6) is 1.31. The zero-order valence-corrected chi connectivity index (χ0v) is 26.2. The van der Waals surface area contributed by atoms with E-state index in [1.165, 1.54) is 23.1 Å². The van der Waals surface area contributed by atoms with E-state index in [9.17, 15) is 10.5 Å². The Balaban J connectivity index is 1.28. The van der Waals surface area contributed by atoms with Gasteiger partial charge in [-0.1, -0.05) is 37.7 Å². The second-order valence-electron chi connectivity index (χ2n) is 12.8. The van der Waals surface area contributed by atoms with Gasteiger partial charge in [0.1, 0.15) is 19.7 Å². The third kappa shape index (κ3) is 5.94. The van der Waals surface area contributed by atoms with Crippen molar-refractivity contribution < 1.29 is 0 Å². The molecule has 9 heteroatoms. The van der Waals surface area contributed by atoms with Gasteiger partial charge in [0.2, 0.25) is 0 Å². The highest BCUT2D eigenvalue weighted by molar-refractivity contribution is 6.33. The minimum absolute atomic E-state index is 0.233. The molecule has 2 unspecified atom stereocenters. The number of likely N-dealkylation sites (N-methyl/N-ethyl adjacent to an activating group) is 1. The van der Waals surface area contributed by atoms with E-state index in [-0.39, 0.29) is 5.41 Å². The van der Waals surface area contributed by atoms with Crippen LogP contribution in [0.25, 0.3) is 16.6 Å². The highest BCUT2D eigenvalue weighted by atomic mass is 15.2. The normalized spacial score (nSPS) is 19.9. The summed E-state index contributed by atoms with van der Waals surface area (Å²) in [6.07, 6.45) is 16.8. The predicted molar refractivity (Wildman–Crippen MR) is 177 cm³/mol. The van der Waals surface area contributed by atoms with Crippen LogP contribution in [0.5, 0.6) is 0 Å². The number of nitrogens with one attached hydrogen (secondary N) is 1. The molecule has 4 aromatic heterocycles. The van der Waals surface area contributed by atoms with Crippen LogP contribution in [-0.4, -0.2) is 53.6 Å². The summed E-state index contributed by atoms with van der Waals surface area (Å²) in [5, 5.41) is 27.9. The van der Waals surface area contributed by atoms with E-state index in [1.54, 1.807) is 6.20 Å². The molecule has 4 aromatic rings. The number of aryl methyl sites for hydroxylation is 2. The minimum Gasteiger partial charge on any atom is -0.354 e. The largest absolute Gasteiger partial charge is 0.354 e. The lowest BCUT2D eigenvalue weighted by Crippen LogP contribution is -2.48. The Morgan fingerprint density at radius 3 is 2.59 bits per heavy atom. The molecule has 1 N–H and O–H groups in total. The van der Waals surface area contributed by atoms with Gasteiger partial charge in [-0.15, -0.1) is 0 Å². The van der Waals surface area contributed by atoms with Crippen molar-refractivity contribution in [2.45, 2.75) is 76.7 Å². The average molecular weight is 585 g/mol. The van der Waals surface area contributed by atoms with Gasteiger partial charge < -0.3 is 10.2 Å². The highest BCUT2D eigenvalue weighted by Gasteiger charge is 2.32. The second-order valence-corrected chi connectivity index (χ2v) is 12.8.